The van der Waals surface area contributed by atoms with E-state index in [4.69, 9.17) is 9.68 Å². The second kappa shape index (κ2) is 4.90. The molecule has 0 N–H and O–H groups in total. The molecule has 1 aromatic carbocycles. The maximum absolute atomic E-state index is 13.7. The van der Waals surface area contributed by atoms with Gasteiger partial charge in [-0.2, -0.15) is 9.65 Å². The Balaban J connectivity index is 2.19. The largest absolute Gasteiger partial charge is 0.423 e. The SMILES string of the molecule is N#Cc1ccc(-c2cccnc2F)cc1-c1nnco1. The first-order valence-electron chi connectivity index (χ1n) is 5.71. The van der Waals surface area contributed by atoms with E-state index in [1.165, 1.54) is 12.6 Å². The minimum atomic E-state index is -0.575. The lowest BCUT2D eigenvalue weighted by Gasteiger charge is -2.05. The van der Waals surface area contributed by atoms with Crippen LogP contribution in [0.5, 0.6) is 0 Å². The molecule has 0 fully saturated rings. The Morgan fingerprint density at radius 1 is 1.20 bits per heavy atom. The third kappa shape index (κ3) is 2.01. The van der Waals surface area contributed by atoms with E-state index in [9.17, 15) is 4.39 Å². The predicted molar refractivity (Wildman–Crippen MR) is 67.6 cm³/mol. The van der Waals surface area contributed by atoms with Gasteiger partial charge in [0.1, 0.15) is 0 Å². The van der Waals surface area contributed by atoms with Crippen molar-refractivity contribution >= 4 is 0 Å². The molecule has 0 spiro atoms. The second-order valence-corrected chi connectivity index (χ2v) is 3.96. The molecule has 20 heavy (non-hydrogen) atoms. The Bertz CT molecular complexity index is 793. The molecule has 6 heteroatoms. The lowest BCUT2D eigenvalue weighted by Crippen LogP contribution is -1.91. The molecule has 2 heterocycles. The van der Waals surface area contributed by atoms with E-state index in [2.05, 4.69) is 15.2 Å². The highest BCUT2D eigenvalue weighted by Crippen LogP contribution is 2.28. The van der Waals surface area contributed by atoms with Crippen LogP contribution in [0.2, 0.25) is 0 Å². The number of halogens is 1. The Morgan fingerprint density at radius 3 is 2.80 bits per heavy atom. The minimum Gasteiger partial charge on any atom is -0.423 e. The summed E-state index contributed by atoms with van der Waals surface area (Å²) in [6.07, 6.45) is 2.55. The van der Waals surface area contributed by atoms with Crippen LogP contribution in [0.1, 0.15) is 5.56 Å². The van der Waals surface area contributed by atoms with Gasteiger partial charge in [0.15, 0.2) is 0 Å². The van der Waals surface area contributed by atoms with E-state index in [0.717, 1.165) is 0 Å². The lowest BCUT2D eigenvalue weighted by atomic mass is 10.0. The van der Waals surface area contributed by atoms with Crippen molar-refractivity contribution in [3.8, 4) is 28.7 Å². The van der Waals surface area contributed by atoms with Crippen molar-refractivity contribution in [2.45, 2.75) is 0 Å². The predicted octanol–water partition coefficient (Wildman–Crippen LogP) is 2.81. The van der Waals surface area contributed by atoms with Gasteiger partial charge in [-0.1, -0.05) is 6.07 Å². The van der Waals surface area contributed by atoms with E-state index in [1.807, 2.05) is 6.07 Å². The standard InChI is InChI=1S/C14H7FN4O/c15-13-11(2-1-5-17-13)9-3-4-10(7-16)12(6-9)14-19-18-8-20-14/h1-6,8H. The Labute approximate surface area is 113 Å². The monoisotopic (exact) mass is 266 g/mol. The van der Waals surface area contributed by atoms with Crippen molar-refractivity contribution in [1.82, 2.24) is 15.2 Å². The number of aromatic nitrogens is 3. The van der Waals surface area contributed by atoms with Gasteiger partial charge in [-0.3, -0.25) is 0 Å². The summed E-state index contributed by atoms with van der Waals surface area (Å²) in [5.41, 5.74) is 1.77. The molecule has 0 radical (unpaired) electrons. The molecule has 0 saturated heterocycles. The number of rotatable bonds is 2. The van der Waals surface area contributed by atoms with Gasteiger partial charge < -0.3 is 4.42 Å². The molecule has 0 amide bonds. The number of nitrogens with zero attached hydrogens (tertiary/aromatic N) is 4. The highest BCUT2D eigenvalue weighted by atomic mass is 19.1. The zero-order chi connectivity index (χ0) is 13.9. The highest BCUT2D eigenvalue weighted by Gasteiger charge is 2.13. The zero-order valence-corrected chi connectivity index (χ0v) is 10.1. The van der Waals surface area contributed by atoms with Crippen molar-refractivity contribution in [2.75, 3.05) is 0 Å². The first-order valence-corrected chi connectivity index (χ1v) is 5.71. The van der Waals surface area contributed by atoms with Crippen molar-refractivity contribution < 1.29 is 8.81 Å². The van der Waals surface area contributed by atoms with Crippen LogP contribution in [0.15, 0.2) is 47.3 Å². The van der Waals surface area contributed by atoms with Gasteiger partial charge in [-0.15, -0.1) is 10.2 Å². The number of nitriles is 1. The summed E-state index contributed by atoms with van der Waals surface area (Å²) in [5, 5.41) is 16.5. The van der Waals surface area contributed by atoms with Gasteiger partial charge in [0.05, 0.1) is 17.2 Å². The van der Waals surface area contributed by atoms with Crippen LogP contribution < -0.4 is 0 Å². The van der Waals surface area contributed by atoms with Crippen LogP contribution in [-0.4, -0.2) is 15.2 Å². The third-order valence-electron chi connectivity index (χ3n) is 2.80. The lowest BCUT2D eigenvalue weighted by molar-refractivity contribution is 0.568. The van der Waals surface area contributed by atoms with E-state index in [1.54, 1.807) is 30.3 Å². The number of hydrogen-bond acceptors (Lipinski definition) is 5. The average Bonchev–Trinajstić information content (AvgIpc) is 3.01. The van der Waals surface area contributed by atoms with Gasteiger partial charge in [0.25, 0.3) is 0 Å². The molecular formula is C14H7FN4O. The Kier molecular flexibility index (Phi) is 2.94. The van der Waals surface area contributed by atoms with Gasteiger partial charge in [-0.25, -0.2) is 4.98 Å². The van der Waals surface area contributed by atoms with E-state index >= 15 is 0 Å². The molecule has 0 atom stereocenters. The molecule has 96 valence electrons. The molecule has 2 aromatic heterocycles. The molecule has 0 aliphatic rings. The quantitative estimate of drug-likeness (QED) is 0.666. The fourth-order valence-corrected chi connectivity index (χ4v) is 1.88. The molecule has 3 aromatic rings. The molecule has 5 nitrogen and oxygen atoms in total. The molecule has 0 bridgehead atoms. The zero-order valence-electron chi connectivity index (χ0n) is 10.1. The summed E-state index contributed by atoms with van der Waals surface area (Å²) >= 11 is 0. The molecule has 0 saturated carbocycles. The smallest absolute Gasteiger partial charge is 0.248 e. The average molecular weight is 266 g/mol. The maximum Gasteiger partial charge on any atom is 0.248 e. The summed E-state index contributed by atoms with van der Waals surface area (Å²) in [6.45, 7) is 0. The van der Waals surface area contributed by atoms with E-state index in [-0.39, 0.29) is 5.89 Å². The van der Waals surface area contributed by atoms with Crippen molar-refractivity contribution in [3.05, 3.63) is 54.4 Å². The summed E-state index contributed by atoms with van der Waals surface area (Å²) in [5.74, 6) is -0.360. The fraction of sp³-hybridized carbons (Fsp3) is 0. The highest BCUT2D eigenvalue weighted by molar-refractivity contribution is 5.73. The minimum absolute atomic E-state index is 0.215. The molecule has 0 unspecified atom stereocenters. The van der Waals surface area contributed by atoms with Crippen LogP contribution >= 0.6 is 0 Å². The summed E-state index contributed by atoms with van der Waals surface area (Å²) < 4.78 is 18.8. The van der Waals surface area contributed by atoms with Crippen LogP contribution in [0.25, 0.3) is 22.6 Å². The van der Waals surface area contributed by atoms with Gasteiger partial charge in [0, 0.05) is 11.8 Å². The second-order valence-electron chi connectivity index (χ2n) is 3.96. The maximum atomic E-state index is 13.7. The van der Waals surface area contributed by atoms with Crippen LogP contribution in [0.4, 0.5) is 4.39 Å². The topological polar surface area (TPSA) is 75.6 Å². The first kappa shape index (κ1) is 12.0. The van der Waals surface area contributed by atoms with Crippen LogP contribution in [-0.2, 0) is 0 Å². The van der Waals surface area contributed by atoms with Crippen molar-refractivity contribution in [3.63, 3.8) is 0 Å². The summed E-state index contributed by atoms with van der Waals surface area (Å²) in [7, 11) is 0. The number of pyridine rings is 1. The first-order chi connectivity index (χ1) is 9.79. The van der Waals surface area contributed by atoms with Gasteiger partial charge in [0.2, 0.25) is 18.2 Å². The summed E-state index contributed by atoms with van der Waals surface area (Å²) in [4.78, 5) is 3.61. The molecule has 0 aliphatic heterocycles. The van der Waals surface area contributed by atoms with Crippen LogP contribution in [0.3, 0.4) is 0 Å². The summed E-state index contributed by atoms with van der Waals surface area (Å²) in [6, 6.07) is 10.2. The fourth-order valence-electron chi connectivity index (χ4n) is 1.88. The van der Waals surface area contributed by atoms with Crippen molar-refractivity contribution in [1.29, 1.82) is 5.26 Å². The van der Waals surface area contributed by atoms with Gasteiger partial charge in [-0.05, 0) is 29.8 Å². The van der Waals surface area contributed by atoms with E-state index < -0.39 is 5.95 Å². The Morgan fingerprint density at radius 2 is 2.10 bits per heavy atom. The number of hydrogen-bond donors (Lipinski definition) is 0. The third-order valence-corrected chi connectivity index (χ3v) is 2.80. The Hall–Kier alpha value is -3.07. The molecule has 0 aliphatic carbocycles. The van der Waals surface area contributed by atoms with Crippen LogP contribution in [0, 0.1) is 17.3 Å². The molecular weight excluding hydrogens is 259 g/mol. The normalized spacial score (nSPS) is 10.2. The van der Waals surface area contributed by atoms with E-state index in [0.29, 0.717) is 22.3 Å². The molecule has 3 rings (SSSR count). The van der Waals surface area contributed by atoms with Gasteiger partial charge >= 0.3 is 0 Å². The van der Waals surface area contributed by atoms with Crippen molar-refractivity contribution in [2.24, 2.45) is 0 Å². The number of benzene rings is 1.